The molecule has 0 atom stereocenters. The van der Waals surface area contributed by atoms with Gasteiger partial charge >= 0.3 is 0 Å². The van der Waals surface area contributed by atoms with Crippen molar-refractivity contribution < 1.29 is 17.5 Å². The van der Waals surface area contributed by atoms with Gasteiger partial charge in [0.15, 0.2) is 9.84 Å². The van der Waals surface area contributed by atoms with E-state index in [0.717, 1.165) is 6.26 Å². The summed E-state index contributed by atoms with van der Waals surface area (Å²) in [6.45, 7) is 0.113. The van der Waals surface area contributed by atoms with Crippen LogP contribution in [0.5, 0.6) is 5.75 Å². The number of nitrogen functional groups attached to an aromatic ring is 1. The molecule has 2 N–H and O–H groups in total. The molecule has 0 unspecified atom stereocenters. The van der Waals surface area contributed by atoms with Crippen LogP contribution in [0.1, 0.15) is 5.56 Å². The molecule has 4 nitrogen and oxygen atoms in total. The maximum absolute atomic E-state index is 13.1. The minimum Gasteiger partial charge on any atom is -0.489 e. The molecule has 0 aromatic heterocycles. The molecule has 0 aliphatic carbocycles. The maximum Gasteiger partial charge on any atom is 0.175 e. The molecule has 20 heavy (non-hydrogen) atoms. The van der Waals surface area contributed by atoms with Crippen LogP contribution in [-0.4, -0.2) is 14.7 Å². The smallest absolute Gasteiger partial charge is 0.175 e. The summed E-state index contributed by atoms with van der Waals surface area (Å²) in [6.07, 6.45) is 1.14. The number of sulfone groups is 1. The molecule has 106 valence electrons. The number of benzene rings is 2. The third-order valence-electron chi connectivity index (χ3n) is 2.75. The summed E-state index contributed by atoms with van der Waals surface area (Å²) in [7, 11) is -3.22. The van der Waals surface area contributed by atoms with Crippen molar-refractivity contribution in [1.29, 1.82) is 0 Å². The minimum absolute atomic E-state index is 0.113. The Morgan fingerprint density at radius 3 is 2.40 bits per heavy atom. The van der Waals surface area contributed by atoms with Gasteiger partial charge in [-0.25, -0.2) is 12.8 Å². The first-order chi connectivity index (χ1) is 9.36. The Hall–Kier alpha value is -2.08. The number of rotatable bonds is 4. The summed E-state index contributed by atoms with van der Waals surface area (Å²) in [4.78, 5) is 0.218. The molecule has 0 bridgehead atoms. The first kappa shape index (κ1) is 14.3. The van der Waals surface area contributed by atoms with Crippen LogP contribution >= 0.6 is 0 Å². The standard InChI is InChI=1S/C14H14FNO3S/c1-20(17,18)13-5-3-12(4-6-13)19-9-10-8-11(15)2-7-14(10)16/h2-8H,9,16H2,1H3. The van der Waals surface area contributed by atoms with E-state index in [1.165, 1.54) is 30.3 Å². The molecule has 2 aromatic rings. The second kappa shape index (κ2) is 5.50. The van der Waals surface area contributed by atoms with Crippen molar-refractivity contribution in [3.05, 3.63) is 53.8 Å². The third-order valence-corrected chi connectivity index (χ3v) is 3.88. The van der Waals surface area contributed by atoms with Gasteiger partial charge in [0.1, 0.15) is 18.2 Å². The van der Waals surface area contributed by atoms with Gasteiger partial charge in [-0.15, -0.1) is 0 Å². The zero-order valence-electron chi connectivity index (χ0n) is 10.8. The Labute approximate surface area is 116 Å². The number of nitrogens with two attached hydrogens (primary N) is 1. The monoisotopic (exact) mass is 295 g/mol. The van der Waals surface area contributed by atoms with Gasteiger partial charge in [0.05, 0.1) is 4.90 Å². The molecule has 0 aliphatic rings. The van der Waals surface area contributed by atoms with E-state index in [4.69, 9.17) is 10.5 Å². The largest absolute Gasteiger partial charge is 0.489 e. The van der Waals surface area contributed by atoms with Gasteiger partial charge in [0.25, 0.3) is 0 Å². The molecule has 0 saturated heterocycles. The van der Waals surface area contributed by atoms with Crippen LogP contribution in [0.25, 0.3) is 0 Å². The Morgan fingerprint density at radius 1 is 1.15 bits per heavy atom. The zero-order valence-corrected chi connectivity index (χ0v) is 11.7. The highest BCUT2D eigenvalue weighted by Gasteiger charge is 2.07. The average molecular weight is 295 g/mol. The average Bonchev–Trinajstić information content (AvgIpc) is 2.39. The van der Waals surface area contributed by atoms with Crippen molar-refractivity contribution >= 4 is 15.5 Å². The summed E-state index contributed by atoms with van der Waals surface area (Å²) in [5.74, 6) is 0.103. The van der Waals surface area contributed by atoms with Crippen molar-refractivity contribution in [3.63, 3.8) is 0 Å². The quantitative estimate of drug-likeness (QED) is 0.879. The van der Waals surface area contributed by atoms with Crippen molar-refractivity contribution in [3.8, 4) is 5.75 Å². The molecule has 0 radical (unpaired) electrons. The lowest BCUT2D eigenvalue weighted by Crippen LogP contribution is -2.01. The number of hydrogen-bond acceptors (Lipinski definition) is 4. The predicted octanol–water partition coefficient (Wildman–Crippen LogP) is 2.39. The fourth-order valence-electron chi connectivity index (χ4n) is 1.64. The van der Waals surface area contributed by atoms with E-state index in [2.05, 4.69) is 0 Å². The minimum atomic E-state index is -3.22. The van der Waals surface area contributed by atoms with E-state index in [1.807, 2.05) is 0 Å². The lowest BCUT2D eigenvalue weighted by molar-refractivity contribution is 0.306. The molecule has 6 heteroatoms. The second-order valence-corrected chi connectivity index (χ2v) is 6.39. The van der Waals surface area contributed by atoms with Crippen LogP contribution in [0.15, 0.2) is 47.4 Å². The second-order valence-electron chi connectivity index (χ2n) is 4.38. The Balaban J connectivity index is 2.10. The van der Waals surface area contributed by atoms with Crippen LogP contribution < -0.4 is 10.5 Å². The SMILES string of the molecule is CS(=O)(=O)c1ccc(OCc2cc(F)ccc2N)cc1. The molecule has 2 rings (SSSR count). The lowest BCUT2D eigenvalue weighted by atomic mass is 10.2. The highest BCUT2D eigenvalue weighted by molar-refractivity contribution is 7.90. The fourth-order valence-corrected chi connectivity index (χ4v) is 2.27. The number of ether oxygens (including phenoxy) is 1. The molecule has 0 aliphatic heterocycles. The Bertz CT molecular complexity index is 712. The highest BCUT2D eigenvalue weighted by atomic mass is 32.2. The van der Waals surface area contributed by atoms with E-state index in [9.17, 15) is 12.8 Å². The number of anilines is 1. The summed E-state index contributed by atoms with van der Waals surface area (Å²) in [5, 5.41) is 0. The summed E-state index contributed by atoms with van der Waals surface area (Å²) < 4.78 is 41.1. The van der Waals surface area contributed by atoms with Crippen molar-refractivity contribution in [2.24, 2.45) is 0 Å². The van der Waals surface area contributed by atoms with E-state index < -0.39 is 9.84 Å². The van der Waals surface area contributed by atoms with Gasteiger partial charge in [-0.1, -0.05) is 0 Å². The molecular formula is C14H14FNO3S. The molecule has 0 amide bonds. The van der Waals surface area contributed by atoms with Crippen molar-refractivity contribution in [2.45, 2.75) is 11.5 Å². The van der Waals surface area contributed by atoms with Gasteiger partial charge < -0.3 is 10.5 Å². The van der Waals surface area contributed by atoms with Crippen molar-refractivity contribution in [2.75, 3.05) is 12.0 Å². The molecule has 0 saturated carbocycles. The maximum atomic E-state index is 13.1. The van der Waals surface area contributed by atoms with Crippen LogP contribution in [0.4, 0.5) is 10.1 Å². The predicted molar refractivity (Wildman–Crippen MR) is 74.7 cm³/mol. The van der Waals surface area contributed by atoms with E-state index in [0.29, 0.717) is 17.0 Å². The normalized spacial score (nSPS) is 11.3. The Kier molecular flexibility index (Phi) is 3.94. The third kappa shape index (κ3) is 3.48. The molecule has 0 heterocycles. The van der Waals surface area contributed by atoms with Gasteiger partial charge in [-0.2, -0.15) is 0 Å². The number of halogens is 1. The Morgan fingerprint density at radius 2 is 1.80 bits per heavy atom. The molecular weight excluding hydrogens is 281 g/mol. The van der Waals surface area contributed by atoms with E-state index >= 15 is 0 Å². The highest BCUT2D eigenvalue weighted by Crippen LogP contribution is 2.19. The molecule has 0 fully saturated rings. The topological polar surface area (TPSA) is 69.4 Å². The first-order valence-corrected chi connectivity index (χ1v) is 7.72. The lowest BCUT2D eigenvalue weighted by Gasteiger charge is -2.09. The van der Waals surface area contributed by atoms with Crippen LogP contribution in [0, 0.1) is 5.82 Å². The summed E-state index contributed by atoms with van der Waals surface area (Å²) >= 11 is 0. The number of hydrogen-bond donors (Lipinski definition) is 1. The molecule has 0 spiro atoms. The first-order valence-electron chi connectivity index (χ1n) is 5.83. The summed E-state index contributed by atoms with van der Waals surface area (Å²) in [6, 6.07) is 10.1. The van der Waals surface area contributed by atoms with Gasteiger partial charge in [-0.05, 0) is 42.5 Å². The van der Waals surface area contributed by atoms with Crippen LogP contribution in [0.2, 0.25) is 0 Å². The van der Waals surface area contributed by atoms with Gasteiger partial charge in [0, 0.05) is 17.5 Å². The summed E-state index contributed by atoms with van der Waals surface area (Å²) in [5.41, 5.74) is 6.69. The van der Waals surface area contributed by atoms with Gasteiger partial charge in [0.2, 0.25) is 0 Å². The fraction of sp³-hybridized carbons (Fsp3) is 0.143. The van der Waals surface area contributed by atoms with Crippen LogP contribution in [-0.2, 0) is 16.4 Å². The van der Waals surface area contributed by atoms with Gasteiger partial charge in [-0.3, -0.25) is 0 Å². The van der Waals surface area contributed by atoms with E-state index in [-0.39, 0.29) is 17.3 Å². The molecule has 2 aromatic carbocycles. The zero-order chi connectivity index (χ0) is 14.8. The van der Waals surface area contributed by atoms with E-state index in [1.54, 1.807) is 12.1 Å². The van der Waals surface area contributed by atoms with Crippen molar-refractivity contribution in [1.82, 2.24) is 0 Å². The van der Waals surface area contributed by atoms with Crippen LogP contribution in [0.3, 0.4) is 0 Å².